The lowest BCUT2D eigenvalue weighted by Gasteiger charge is -2.32. The van der Waals surface area contributed by atoms with Crippen molar-refractivity contribution >= 4 is 18.4 Å². The van der Waals surface area contributed by atoms with E-state index in [4.69, 9.17) is 5.73 Å². The molecule has 0 aliphatic carbocycles. The second-order valence-electron chi connectivity index (χ2n) is 5.91. The molecule has 0 amide bonds. The largest absolute Gasteiger partial charge is 0.341 e. The minimum atomic E-state index is -0.908. The lowest BCUT2D eigenvalue weighted by Crippen LogP contribution is -2.45. The van der Waals surface area contributed by atoms with Gasteiger partial charge in [0.15, 0.2) is 0 Å². The number of rotatable bonds is 3. The first-order valence-corrected chi connectivity index (χ1v) is 7.84. The van der Waals surface area contributed by atoms with Gasteiger partial charge in [0.25, 0.3) is 5.56 Å². The smallest absolute Gasteiger partial charge is 0.291 e. The molecule has 3 rings (SSSR count). The van der Waals surface area contributed by atoms with Crippen LogP contribution in [0.4, 0.5) is 10.3 Å². The van der Waals surface area contributed by atoms with Crippen LogP contribution in [0.1, 0.15) is 24.0 Å². The fourth-order valence-electron chi connectivity index (χ4n) is 2.98. The van der Waals surface area contributed by atoms with Crippen molar-refractivity contribution in [3.63, 3.8) is 0 Å². The number of hydrogen-bond acceptors (Lipinski definition) is 5. The molecule has 25 heavy (non-hydrogen) atoms. The van der Waals surface area contributed by atoms with E-state index >= 15 is 0 Å². The van der Waals surface area contributed by atoms with E-state index in [9.17, 15) is 14.4 Å². The van der Waals surface area contributed by atoms with Crippen LogP contribution in [-0.2, 0) is 6.54 Å². The molecule has 1 saturated heterocycles. The van der Waals surface area contributed by atoms with Crippen LogP contribution in [0.3, 0.4) is 0 Å². The summed E-state index contributed by atoms with van der Waals surface area (Å²) in [7, 11) is 0. The highest BCUT2D eigenvalue weighted by Crippen LogP contribution is 2.18. The lowest BCUT2D eigenvalue weighted by atomic mass is 10.1. The number of nitrogens with two attached hydrogens (primary N) is 1. The fourth-order valence-corrected chi connectivity index (χ4v) is 2.98. The number of halogens is 2. The summed E-state index contributed by atoms with van der Waals surface area (Å²) >= 11 is 0. The van der Waals surface area contributed by atoms with Gasteiger partial charge in [0, 0.05) is 19.1 Å². The van der Waals surface area contributed by atoms with E-state index in [-0.39, 0.29) is 25.0 Å². The monoisotopic (exact) mass is 363 g/mol. The highest BCUT2D eigenvalue weighted by atomic mass is 35.5. The molecule has 1 aromatic heterocycles. The first-order chi connectivity index (χ1) is 11.6. The lowest BCUT2D eigenvalue weighted by molar-refractivity contribution is 0.484. The average Bonchev–Trinajstić information content (AvgIpc) is 2.59. The molecular formula is C17H19ClFN5O. The summed E-state index contributed by atoms with van der Waals surface area (Å²) in [5.41, 5.74) is 6.36. The summed E-state index contributed by atoms with van der Waals surface area (Å²) in [6.07, 6.45) is 2.76. The third-order valence-electron chi connectivity index (χ3n) is 4.19. The highest BCUT2D eigenvalue weighted by Gasteiger charge is 2.22. The third kappa shape index (κ3) is 3.98. The van der Waals surface area contributed by atoms with Crippen LogP contribution in [0.5, 0.6) is 0 Å². The SMILES string of the molecule is Cl.N#Cc1ccccc1Cn1c(N2CCC[C@@H](N)C2)ncc(F)c1=O. The van der Waals surface area contributed by atoms with Crippen LogP contribution in [0.15, 0.2) is 35.3 Å². The van der Waals surface area contributed by atoms with Gasteiger partial charge < -0.3 is 10.6 Å². The van der Waals surface area contributed by atoms with E-state index in [2.05, 4.69) is 11.1 Å². The number of nitrogens with zero attached hydrogens (tertiary/aromatic N) is 4. The predicted molar refractivity (Wildman–Crippen MR) is 95.4 cm³/mol. The Balaban J connectivity index is 0.00000225. The number of piperidine rings is 1. The molecule has 0 radical (unpaired) electrons. The van der Waals surface area contributed by atoms with Crippen LogP contribution < -0.4 is 16.2 Å². The van der Waals surface area contributed by atoms with Gasteiger partial charge in [-0.25, -0.2) is 4.98 Å². The van der Waals surface area contributed by atoms with Crippen molar-refractivity contribution in [2.24, 2.45) is 5.73 Å². The van der Waals surface area contributed by atoms with Crippen molar-refractivity contribution in [2.75, 3.05) is 18.0 Å². The molecule has 0 spiro atoms. The van der Waals surface area contributed by atoms with Gasteiger partial charge >= 0.3 is 0 Å². The van der Waals surface area contributed by atoms with E-state index in [0.717, 1.165) is 19.0 Å². The van der Waals surface area contributed by atoms with Gasteiger partial charge in [-0.3, -0.25) is 9.36 Å². The van der Waals surface area contributed by atoms with Crippen LogP contribution in [-0.4, -0.2) is 28.7 Å². The zero-order chi connectivity index (χ0) is 17.1. The van der Waals surface area contributed by atoms with Crippen molar-refractivity contribution in [3.8, 4) is 6.07 Å². The zero-order valence-corrected chi connectivity index (χ0v) is 14.4. The van der Waals surface area contributed by atoms with Crippen molar-refractivity contribution in [1.29, 1.82) is 5.26 Å². The Hall–Kier alpha value is -2.43. The average molecular weight is 364 g/mol. The normalized spacial score (nSPS) is 16.8. The molecule has 132 valence electrons. The van der Waals surface area contributed by atoms with E-state index in [1.165, 1.54) is 4.57 Å². The number of aromatic nitrogens is 2. The molecule has 1 atom stereocenters. The van der Waals surface area contributed by atoms with Crippen LogP contribution in [0.25, 0.3) is 0 Å². The van der Waals surface area contributed by atoms with Crippen molar-refractivity contribution < 1.29 is 4.39 Å². The van der Waals surface area contributed by atoms with Gasteiger partial charge in [-0.2, -0.15) is 9.65 Å². The summed E-state index contributed by atoms with van der Waals surface area (Å²) in [5.74, 6) is -0.515. The molecule has 1 aliphatic rings. The minimum absolute atomic E-state index is 0. The number of hydrogen-bond donors (Lipinski definition) is 1. The van der Waals surface area contributed by atoms with E-state index in [0.29, 0.717) is 30.2 Å². The first kappa shape index (κ1) is 18.9. The molecular weight excluding hydrogens is 345 g/mol. The molecule has 0 unspecified atom stereocenters. The second kappa shape index (κ2) is 8.10. The molecule has 0 saturated carbocycles. The van der Waals surface area contributed by atoms with Crippen LogP contribution in [0.2, 0.25) is 0 Å². The summed E-state index contributed by atoms with van der Waals surface area (Å²) in [6.45, 7) is 1.37. The maximum atomic E-state index is 13.8. The van der Waals surface area contributed by atoms with E-state index in [1.54, 1.807) is 24.3 Å². The molecule has 8 heteroatoms. The number of benzene rings is 1. The highest BCUT2D eigenvalue weighted by molar-refractivity contribution is 5.85. The van der Waals surface area contributed by atoms with E-state index < -0.39 is 11.4 Å². The molecule has 0 bridgehead atoms. The Kier molecular flexibility index (Phi) is 6.12. The molecule has 2 N–H and O–H groups in total. The topological polar surface area (TPSA) is 87.9 Å². The van der Waals surface area contributed by atoms with Gasteiger partial charge in [0.1, 0.15) is 0 Å². The Morgan fingerprint density at radius 2 is 2.16 bits per heavy atom. The van der Waals surface area contributed by atoms with Gasteiger partial charge in [0.2, 0.25) is 11.8 Å². The van der Waals surface area contributed by atoms with Gasteiger partial charge in [-0.05, 0) is 24.5 Å². The summed E-state index contributed by atoms with van der Waals surface area (Å²) in [4.78, 5) is 18.4. The summed E-state index contributed by atoms with van der Waals surface area (Å²) in [6, 6.07) is 9.05. The molecule has 2 aromatic rings. The van der Waals surface area contributed by atoms with Gasteiger partial charge in [0.05, 0.1) is 24.4 Å². The number of nitriles is 1. The first-order valence-electron chi connectivity index (χ1n) is 7.84. The van der Waals surface area contributed by atoms with Gasteiger partial charge in [-0.15, -0.1) is 12.4 Å². The van der Waals surface area contributed by atoms with Crippen molar-refractivity contribution in [2.45, 2.75) is 25.4 Å². The maximum Gasteiger partial charge on any atom is 0.291 e. The Bertz CT molecular complexity index is 848. The van der Waals surface area contributed by atoms with Gasteiger partial charge in [-0.1, -0.05) is 18.2 Å². The Labute approximate surface area is 151 Å². The molecule has 6 nitrogen and oxygen atoms in total. The third-order valence-corrected chi connectivity index (χ3v) is 4.19. The molecule has 1 aliphatic heterocycles. The Morgan fingerprint density at radius 3 is 2.88 bits per heavy atom. The number of anilines is 1. The maximum absolute atomic E-state index is 13.8. The standard InChI is InChI=1S/C17H18FN5O.ClH/c18-15-9-21-17(22-7-3-6-14(20)11-22)23(16(15)24)10-13-5-2-1-4-12(13)8-19;/h1-2,4-5,9,14H,3,6-7,10-11,20H2;1H/t14-;/m1./s1. The van der Waals surface area contributed by atoms with Crippen molar-refractivity contribution in [3.05, 3.63) is 57.8 Å². The van der Waals surface area contributed by atoms with Crippen molar-refractivity contribution in [1.82, 2.24) is 9.55 Å². The second-order valence-corrected chi connectivity index (χ2v) is 5.91. The molecule has 1 fully saturated rings. The quantitative estimate of drug-likeness (QED) is 0.895. The molecule has 1 aromatic carbocycles. The van der Waals surface area contributed by atoms with E-state index in [1.807, 2.05) is 4.90 Å². The minimum Gasteiger partial charge on any atom is -0.341 e. The Morgan fingerprint density at radius 1 is 1.40 bits per heavy atom. The van der Waals surface area contributed by atoms with Crippen LogP contribution >= 0.6 is 12.4 Å². The summed E-state index contributed by atoms with van der Waals surface area (Å²) < 4.78 is 15.1. The van der Waals surface area contributed by atoms with Crippen LogP contribution in [0, 0.1) is 17.1 Å². The summed E-state index contributed by atoms with van der Waals surface area (Å²) in [5, 5.41) is 9.22. The predicted octanol–water partition coefficient (Wildman–Crippen LogP) is 1.65. The molecule has 2 heterocycles. The zero-order valence-electron chi connectivity index (χ0n) is 13.6. The fraction of sp³-hybridized carbons (Fsp3) is 0.353.